The summed E-state index contributed by atoms with van der Waals surface area (Å²) in [4.78, 5) is 11.7. The zero-order valence-electron chi connectivity index (χ0n) is 11.5. The first-order valence-electron chi connectivity index (χ1n) is 7.05. The number of carbonyl (C=O) groups excluding carboxylic acids is 1. The predicted molar refractivity (Wildman–Crippen MR) is 78.8 cm³/mol. The zero-order chi connectivity index (χ0) is 13.5. The lowest BCUT2D eigenvalue weighted by molar-refractivity contribution is 0.236. The number of aryl methyl sites for hydroxylation is 1. The van der Waals surface area contributed by atoms with Crippen molar-refractivity contribution in [3.63, 3.8) is 0 Å². The maximum atomic E-state index is 11.7. The number of urea groups is 1. The number of hydrogen-bond acceptors (Lipinski definition) is 1. The molecule has 2 rings (SSSR count). The fourth-order valence-electron chi connectivity index (χ4n) is 2.45. The van der Waals surface area contributed by atoms with E-state index in [-0.39, 0.29) is 6.03 Å². The second-order valence-electron chi connectivity index (χ2n) is 5.14. The van der Waals surface area contributed by atoms with E-state index < -0.39 is 0 Å². The molecule has 1 fully saturated rings. The van der Waals surface area contributed by atoms with Gasteiger partial charge in [-0.05, 0) is 37.0 Å². The molecule has 0 bridgehead atoms. The van der Waals surface area contributed by atoms with Gasteiger partial charge < -0.3 is 10.6 Å². The molecule has 1 aliphatic rings. The van der Waals surface area contributed by atoms with Gasteiger partial charge in [0.2, 0.25) is 0 Å². The lowest BCUT2D eigenvalue weighted by Crippen LogP contribution is -2.40. The Hall–Kier alpha value is -1.77. The van der Waals surface area contributed by atoms with E-state index in [1.165, 1.54) is 24.8 Å². The first-order valence-corrected chi connectivity index (χ1v) is 7.05. The third-order valence-electron chi connectivity index (χ3n) is 3.61. The Kier molecular flexibility index (Phi) is 5.01. The molecule has 2 amide bonds. The summed E-state index contributed by atoms with van der Waals surface area (Å²) >= 11 is 0. The molecule has 3 heteroatoms. The van der Waals surface area contributed by atoms with Gasteiger partial charge in [0.1, 0.15) is 0 Å². The van der Waals surface area contributed by atoms with Crippen LogP contribution >= 0.6 is 0 Å². The van der Waals surface area contributed by atoms with Crippen LogP contribution in [-0.2, 0) is 0 Å². The molecule has 0 radical (unpaired) electrons. The minimum Gasteiger partial charge on any atom is -0.335 e. The van der Waals surface area contributed by atoms with Crippen LogP contribution in [0.5, 0.6) is 0 Å². The van der Waals surface area contributed by atoms with E-state index in [2.05, 4.69) is 23.6 Å². The van der Waals surface area contributed by atoms with E-state index in [0.717, 1.165) is 18.4 Å². The number of benzene rings is 1. The number of hydrogen-bond donors (Lipinski definition) is 2. The van der Waals surface area contributed by atoms with Gasteiger partial charge in [-0.15, -0.1) is 0 Å². The molecule has 0 aromatic heterocycles. The Morgan fingerprint density at radius 1 is 1.21 bits per heavy atom. The van der Waals surface area contributed by atoms with Crippen LogP contribution in [0.3, 0.4) is 0 Å². The van der Waals surface area contributed by atoms with E-state index in [9.17, 15) is 4.79 Å². The molecule has 19 heavy (non-hydrogen) atoms. The summed E-state index contributed by atoms with van der Waals surface area (Å²) in [5.74, 6) is 0. The molecule has 1 aromatic rings. The van der Waals surface area contributed by atoms with E-state index in [4.69, 9.17) is 0 Å². The van der Waals surface area contributed by atoms with Crippen LogP contribution in [0.1, 0.15) is 43.2 Å². The van der Waals surface area contributed by atoms with Crippen LogP contribution < -0.4 is 10.6 Å². The molecular weight excluding hydrogens is 236 g/mol. The minimum absolute atomic E-state index is 0.100. The molecule has 3 nitrogen and oxygen atoms in total. The third-order valence-corrected chi connectivity index (χ3v) is 3.61. The van der Waals surface area contributed by atoms with Crippen molar-refractivity contribution in [2.45, 2.75) is 45.1 Å². The fourth-order valence-corrected chi connectivity index (χ4v) is 2.45. The van der Waals surface area contributed by atoms with E-state index in [1.807, 2.05) is 24.3 Å². The molecule has 0 aliphatic heterocycles. The Morgan fingerprint density at radius 3 is 2.68 bits per heavy atom. The quantitative estimate of drug-likeness (QED) is 0.854. The number of carbonyl (C=O) groups is 1. The fraction of sp³-hybridized carbons (Fsp3) is 0.438. The van der Waals surface area contributed by atoms with Crippen LogP contribution in [0.15, 0.2) is 30.5 Å². The monoisotopic (exact) mass is 258 g/mol. The molecule has 0 heterocycles. The lowest BCUT2D eigenvalue weighted by Gasteiger charge is -2.22. The van der Waals surface area contributed by atoms with Gasteiger partial charge in [-0.1, -0.05) is 43.5 Å². The maximum Gasteiger partial charge on any atom is 0.318 e. The van der Waals surface area contributed by atoms with E-state index >= 15 is 0 Å². The average Bonchev–Trinajstić information content (AvgIpc) is 2.42. The molecule has 1 aliphatic carbocycles. The SMILES string of the molecule is Cc1ccccc1/C=C/NC(=O)NC1CCCCC1. The van der Waals surface area contributed by atoms with Gasteiger partial charge in [0, 0.05) is 12.2 Å². The van der Waals surface area contributed by atoms with Gasteiger partial charge in [-0.3, -0.25) is 0 Å². The van der Waals surface area contributed by atoms with Gasteiger partial charge in [-0.2, -0.15) is 0 Å². The molecule has 102 valence electrons. The summed E-state index contributed by atoms with van der Waals surface area (Å²) in [6.45, 7) is 2.06. The van der Waals surface area contributed by atoms with Gasteiger partial charge in [0.25, 0.3) is 0 Å². The number of amides is 2. The van der Waals surface area contributed by atoms with Crippen molar-refractivity contribution in [3.8, 4) is 0 Å². The van der Waals surface area contributed by atoms with Crippen molar-refractivity contribution in [1.29, 1.82) is 0 Å². The Bertz CT molecular complexity index is 448. The van der Waals surface area contributed by atoms with Crippen LogP contribution in [-0.4, -0.2) is 12.1 Å². The maximum absolute atomic E-state index is 11.7. The molecule has 0 saturated heterocycles. The highest BCUT2D eigenvalue weighted by atomic mass is 16.2. The standard InChI is InChI=1S/C16H22N2O/c1-13-7-5-6-8-14(13)11-12-17-16(19)18-15-9-3-2-4-10-15/h5-8,11-12,15H,2-4,9-10H2,1H3,(H2,17,18,19)/b12-11+. The Labute approximate surface area is 115 Å². The molecule has 1 saturated carbocycles. The van der Waals surface area contributed by atoms with Gasteiger partial charge in [-0.25, -0.2) is 4.79 Å². The third kappa shape index (κ3) is 4.43. The molecule has 0 atom stereocenters. The normalized spacial score (nSPS) is 16.5. The van der Waals surface area contributed by atoms with Crippen LogP contribution in [0.2, 0.25) is 0 Å². The van der Waals surface area contributed by atoms with Crippen LogP contribution in [0.4, 0.5) is 4.79 Å². The Balaban J connectivity index is 1.78. The zero-order valence-corrected chi connectivity index (χ0v) is 11.5. The lowest BCUT2D eigenvalue weighted by atomic mass is 9.96. The van der Waals surface area contributed by atoms with Crippen molar-refractivity contribution < 1.29 is 4.79 Å². The molecular formula is C16H22N2O. The van der Waals surface area contributed by atoms with Crippen molar-refractivity contribution in [2.75, 3.05) is 0 Å². The second-order valence-corrected chi connectivity index (χ2v) is 5.14. The Morgan fingerprint density at radius 2 is 1.95 bits per heavy atom. The largest absolute Gasteiger partial charge is 0.335 e. The highest BCUT2D eigenvalue weighted by Crippen LogP contribution is 2.17. The van der Waals surface area contributed by atoms with Gasteiger partial charge in [0.05, 0.1) is 0 Å². The van der Waals surface area contributed by atoms with Crippen molar-refractivity contribution in [3.05, 3.63) is 41.6 Å². The number of rotatable bonds is 3. The first-order chi connectivity index (χ1) is 9.25. The summed E-state index contributed by atoms with van der Waals surface area (Å²) in [5.41, 5.74) is 2.33. The van der Waals surface area contributed by atoms with Crippen LogP contribution in [0.25, 0.3) is 6.08 Å². The van der Waals surface area contributed by atoms with E-state index in [0.29, 0.717) is 6.04 Å². The predicted octanol–water partition coefficient (Wildman–Crippen LogP) is 3.60. The van der Waals surface area contributed by atoms with Crippen LogP contribution in [0, 0.1) is 6.92 Å². The van der Waals surface area contributed by atoms with Gasteiger partial charge >= 0.3 is 6.03 Å². The molecule has 1 aromatic carbocycles. The molecule has 2 N–H and O–H groups in total. The summed E-state index contributed by atoms with van der Waals surface area (Å²) in [7, 11) is 0. The van der Waals surface area contributed by atoms with Gasteiger partial charge in [0.15, 0.2) is 0 Å². The smallest absolute Gasteiger partial charge is 0.318 e. The summed E-state index contributed by atoms with van der Waals surface area (Å²) in [6.07, 6.45) is 9.60. The topological polar surface area (TPSA) is 41.1 Å². The number of nitrogens with one attached hydrogen (secondary N) is 2. The summed E-state index contributed by atoms with van der Waals surface area (Å²) in [6, 6.07) is 8.34. The van der Waals surface area contributed by atoms with E-state index in [1.54, 1.807) is 6.20 Å². The summed E-state index contributed by atoms with van der Waals surface area (Å²) in [5, 5.41) is 5.79. The molecule has 0 spiro atoms. The summed E-state index contributed by atoms with van der Waals surface area (Å²) < 4.78 is 0. The van der Waals surface area contributed by atoms with Crippen molar-refractivity contribution in [1.82, 2.24) is 10.6 Å². The minimum atomic E-state index is -0.100. The average molecular weight is 258 g/mol. The second kappa shape index (κ2) is 6.98. The highest BCUT2D eigenvalue weighted by molar-refractivity contribution is 5.76. The van der Waals surface area contributed by atoms with Crippen molar-refractivity contribution >= 4 is 12.1 Å². The van der Waals surface area contributed by atoms with Crippen molar-refractivity contribution in [2.24, 2.45) is 0 Å². The first kappa shape index (κ1) is 13.7. The molecule has 0 unspecified atom stereocenters. The highest BCUT2D eigenvalue weighted by Gasteiger charge is 2.14.